The lowest BCUT2D eigenvalue weighted by Crippen LogP contribution is -2.07. The number of halogens is 2. The van der Waals surface area contributed by atoms with Gasteiger partial charge in [0.15, 0.2) is 17.5 Å². The molecule has 0 bridgehead atoms. The van der Waals surface area contributed by atoms with E-state index in [4.69, 9.17) is 5.11 Å². The van der Waals surface area contributed by atoms with Gasteiger partial charge in [-0.3, -0.25) is 0 Å². The molecular weight excluding hydrogens is 216 g/mol. The molecule has 0 fully saturated rings. The van der Waals surface area contributed by atoms with Gasteiger partial charge >= 0.3 is 0 Å². The quantitative estimate of drug-likeness (QED) is 0.850. The summed E-state index contributed by atoms with van der Waals surface area (Å²) in [5.41, 5.74) is 0.555. The summed E-state index contributed by atoms with van der Waals surface area (Å²) in [5.74, 6) is -1.40. The normalized spacial score (nSPS) is 10.7. The van der Waals surface area contributed by atoms with Crippen LogP contribution in [0.3, 0.4) is 0 Å². The number of hydrogen-bond acceptors (Lipinski definition) is 3. The molecule has 0 amide bonds. The molecule has 6 heteroatoms. The van der Waals surface area contributed by atoms with E-state index in [-0.39, 0.29) is 13.2 Å². The summed E-state index contributed by atoms with van der Waals surface area (Å²) < 4.78 is 27.0. The molecule has 84 valence electrons. The third kappa shape index (κ3) is 2.06. The lowest BCUT2D eigenvalue weighted by Gasteiger charge is -2.04. The highest BCUT2D eigenvalue weighted by atomic mass is 19.2. The van der Waals surface area contributed by atoms with Gasteiger partial charge in [-0.25, -0.2) is 18.4 Å². The minimum atomic E-state index is -0.900. The second kappa shape index (κ2) is 4.36. The van der Waals surface area contributed by atoms with Crippen LogP contribution in [0.2, 0.25) is 0 Å². The first-order valence-electron chi connectivity index (χ1n) is 4.62. The highest BCUT2D eigenvalue weighted by Crippen LogP contribution is 2.10. The second-order valence-corrected chi connectivity index (χ2v) is 3.24. The molecule has 1 N–H and O–H groups in total. The van der Waals surface area contributed by atoms with Crippen molar-refractivity contribution in [3.8, 4) is 0 Å². The van der Waals surface area contributed by atoms with Crippen molar-refractivity contribution in [1.82, 2.24) is 14.8 Å². The average Bonchev–Trinajstić information content (AvgIpc) is 2.71. The van der Waals surface area contributed by atoms with Gasteiger partial charge in [0.1, 0.15) is 12.9 Å². The number of hydrogen-bond donors (Lipinski definition) is 1. The zero-order valence-corrected chi connectivity index (χ0v) is 8.27. The van der Waals surface area contributed by atoms with Crippen molar-refractivity contribution >= 4 is 0 Å². The van der Waals surface area contributed by atoms with Crippen LogP contribution in [-0.4, -0.2) is 19.9 Å². The summed E-state index contributed by atoms with van der Waals surface area (Å²) in [6.45, 7) is -0.00320. The molecule has 1 aromatic heterocycles. The molecule has 2 rings (SSSR count). The van der Waals surface area contributed by atoms with Crippen molar-refractivity contribution in [3.05, 3.63) is 47.5 Å². The number of rotatable bonds is 3. The molecule has 0 atom stereocenters. The first-order chi connectivity index (χ1) is 7.70. The van der Waals surface area contributed by atoms with Crippen molar-refractivity contribution in [3.63, 3.8) is 0 Å². The Balaban J connectivity index is 2.24. The van der Waals surface area contributed by atoms with E-state index in [2.05, 4.69) is 10.1 Å². The monoisotopic (exact) mass is 225 g/mol. The molecule has 0 aliphatic carbocycles. The van der Waals surface area contributed by atoms with E-state index in [0.29, 0.717) is 11.4 Å². The molecule has 1 heterocycles. The molecule has 0 saturated carbocycles. The molecule has 0 aliphatic rings. The van der Waals surface area contributed by atoms with Crippen LogP contribution in [0.5, 0.6) is 0 Å². The standard InChI is InChI=1S/C10H9F2N3O/c11-8-2-1-7(3-9(8)12)4-15-10(5-16)13-6-14-15/h1-3,6,16H,4-5H2. The minimum absolute atomic E-state index is 0.243. The molecule has 2 aromatic rings. The summed E-state index contributed by atoms with van der Waals surface area (Å²) >= 11 is 0. The molecule has 0 saturated heterocycles. The van der Waals surface area contributed by atoms with E-state index in [1.165, 1.54) is 17.1 Å². The first-order valence-corrected chi connectivity index (χ1v) is 4.62. The van der Waals surface area contributed by atoms with Gasteiger partial charge in [0, 0.05) is 0 Å². The van der Waals surface area contributed by atoms with Crippen LogP contribution in [-0.2, 0) is 13.2 Å². The van der Waals surface area contributed by atoms with E-state index in [1.54, 1.807) is 0 Å². The van der Waals surface area contributed by atoms with Crippen LogP contribution in [0.15, 0.2) is 24.5 Å². The number of benzene rings is 1. The van der Waals surface area contributed by atoms with E-state index in [1.807, 2.05) is 0 Å². The van der Waals surface area contributed by atoms with E-state index >= 15 is 0 Å². The Labute approximate surface area is 90.2 Å². The lowest BCUT2D eigenvalue weighted by molar-refractivity contribution is 0.264. The van der Waals surface area contributed by atoms with Gasteiger partial charge in [-0.1, -0.05) is 6.07 Å². The molecule has 0 aliphatic heterocycles. The predicted molar refractivity (Wildman–Crippen MR) is 51.4 cm³/mol. The summed E-state index contributed by atoms with van der Waals surface area (Å²) in [6, 6.07) is 3.61. The maximum Gasteiger partial charge on any atom is 0.159 e. The molecule has 0 spiro atoms. The number of aliphatic hydroxyl groups is 1. The van der Waals surface area contributed by atoms with Crippen molar-refractivity contribution < 1.29 is 13.9 Å². The third-order valence-corrected chi connectivity index (χ3v) is 2.15. The van der Waals surface area contributed by atoms with Gasteiger partial charge in [-0.2, -0.15) is 5.10 Å². The predicted octanol–water partition coefficient (Wildman–Crippen LogP) is 1.10. The zero-order valence-electron chi connectivity index (χ0n) is 8.27. The number of nitrogens with zero attached hydrogens (tertiary/aromatic N) is 3. The lowest BCUT2D eigenvalue weighted by atomic mass is 10.2. The molecule has 16 heavy (non-hydrogen) atoms. The van der Waals surface area contributed by atoms with Gasteiger partial charge in [-0.15, -0.1) is 0 Å². The van der Waals surface area contributed by atoms with E-state index < -0.39 is 11.6 Å². The zero-order chi connectivity index (χ0) is 11.5. The summed E-state index contributed by atoms with van der Waals surface area (Å²) in [4.78, 5) is 3.80. The van der Waals surface area contributed by atoms with Crippen LogP contribution in [0.1, 0.15) is 11.4 Å². The highest BCUT2D eigenvalue weighted by Gasteiger charge is 2.06. The fraction of sp³-hybridized carbons (Fsp3) is 0.200. The largest absolute Gasteiger partial charge is 0.388 e. The van der Waals surface area contributed by atoms with Crippen molar-refractivity contribution in [1.29, 1.82) is 0 Å². The van der Waals surface area contributed by atoms with Crippen LogP contribution in [0.4, 0.5) is 8.78 Å². The van der Waals surface area contributed by atoms with Crippen molar-refractivity contribution in [2.45, 2.75) is 13.2 Å². The summed E-state index contributed by atoms with van der Waals surface area (Å²) in [5, 5.41) is 12.8. The van der Waals surface area contributed by atoms with E-state index in [0.717, 1.165) is 12.1 Å². The van der Waals surface area contributed by atoms with Gasteiger partial charge in [0.2, 0.25) is 0 Å². The fourth-order valence-electron chi connectivity index (χ4n) is 1.35. The Morgan fingerprint density at radius 3 is 2.75 bits per heavy atom. The van der Waals surface area contributed by atoms with Crippen molar-refractivity contribution in [2.24, 2.45) is 0 Å². The molecule has 0 radical (unpaired) electrons. The maximum atomic E-state index is 12.9. The van der Waals surface area contributed by atoms with Crippen LogP contribution in [0.25, 0.3) is 0 Å². The van der Waals surface area contributed by atoms with Crippen LogP contribution >= 0.6 is 0 Å². The smallest absolute Gasteiger partial charge is 0.159 e. The first kappa shape index (κ1) is 10.7. The molecule has 4 nitrogen and oxygen atoms in total. The van der Waals surface area contributed by atoms with Crippen LogP contribution < -0.4 is 0 Å². The Morgan fingerprint density at radius 2 is 2.06 bits per heavy atom. The SMILES string of the molecule is OCc1ncnn1Cc1ccc(F)c(F)c1. The van der Waals surface area contributed by atoms with Gasteiger partial charge in [-0.05, 0) is 17.7 Å². The van der Waals surface area contributed by atoms with E-state index in [9.17, 15) is 8.78 Å². The molecule has 0 unspecified atom stereocenters. The fourth-order valence-corrected chi connectivity index (χ4v) is 1.35. The number of aromatic nitrogens is 3. The summed E-state index contributed by atoms with van der Waals surface area (Å²) in [7, 11) is 0. The van der Waals surface area contributed by atoms with Gasteiger partial charge in [0.25, 0.3) is 0 Å². The van der Waals surface area contributed by atoms with Gasteiger partial charge in [0.05, 0.1) is 6.54 Å². The number of aliphatic hydroxyl groups excluding tert-OH is 1. The van der Waals surface area contributed by atoms with Gasteiger partial charge < -0.3 is 5.11 Å². The maximum absolute atomic E-state index is 12.9. The highest BCUT2D eigenvalue weighted by molar-refractivity contribution is 5.18. The third-order valence-electron chi connectivity index (χ3n) is 2.15. The Hall–Kier alpha value is -1.82. The summed E-state index contributed by atoms with van der Waals surface area (Å²) in [6.07, 6.45) is 1.30. The average molecular weight is 225 g/mol. The Morgan fingerprint density at radius 1 is 1.25 bits per heavy atom. The molecular formula is C10H9F2N3O. The van der Waals surface area contributed by atoms with Crippen LogP contribution in [0, 0.1) is 11.6 Å². The molecule has 1 aromatic carbocycles. The Bertz CT molecular complexity index is 499. The Kier molecular flexibility index (Phi) is 2.91. The second-order valence-electron chi connectivity index (χ2n) is 3.24. The van der Waals surface area contributed by atoms with Crippen molar-refractivity contribution in [2.75, 3.05) is 0 Å². The minimum Gasteiger partial charge on any atom is -0.388 e. The topological polar surface area (TPSA) is 50.9 Å².